The number of esters is 1. The quantitative estimate of drug-likeness (QED) is 0.333. The molecule has 0 amide bonds. The molecule has 0 saturated carbocycles. The predicted molar refractivity (Wildman–Crippen MR) is 105 cm³/mol. The summed E-state index contributed by atoms with van der Waals surface area (Å²) in [6.07, 6.45) is 4.85. The molecule has 24 heavy (non-hydrogen) atoms. The summed E-state index contributed by atoms with van der Waals surface area (Å²) < 4.78 is 9.99. The van der Waals surface area contributed by atoms with Crippen LogP contribution in [0.15, 0.2) is 23.2 Å². The Bertz CT molecular complexity index is 570. The molecule has 0 aliphatic carbocycles. The molecule has 1 aliphatic heterocycles. The minimum absolute atomic E-state index is 0. The predicted octanol–water partition coefficient (Wildman–Crippen LogP) is 2.79. The number of guanidine groups is 1. The van der Waals surface area contributed by atoms with Crippen molar-refractivity contribution >= 4 is 35.9 Å². The Morgan fingerprint density at radius 3 is 2.46 bits per heavy atom. The number of hydrogen-bond donors (Lipinski definition) is 1. The van der Waals surface area contributed by atoms with Crippen molar-refractivity contribution in [2.75, 3.05) is 27.3 Å². The Balaban J connectivity index is 0.00000288. The summed E-state index contributed by atoms with van der Waals surface area (Å²) >= 11 is 0. The summed E-state index contributed by atoms with van der Waals surface area (Å²) in [5, 5.41) is 0. The number of carbonyl (C=O) groups is 1. The lowest BCUT2D eigenvalue weighted by Crippen LogP contribution is -2.38. The van der Waals surface area contributed by atoms with Crippen LogP contribution in [0.5, 0.6) is 5.75 Å². The van der Waals surface area contributed by atoms with Crippen molar-refractivity contribution in [1.29, 1.82) is 0 Å². The Morgan fingerprint density at radius 1 is 1.21 bits per heavy atom. The molecule has 2 rings (SSSR count). The Labute approximate surface area is 160 Å². The molecule has 1 aromatic carbocycles. The van der Waals surface area contributed by atoms with E-state index in [4.69, 9.17) is 15.2 Å². The van der Waals surface area contributed by atoms with Gasteiger partial charge in [-0.25, -0.2) is 9.79 Å². The molecule has 0 spiro atoms. The molecule has 1 fully saturated rings. The van der Waals surface area contributed by atoms with E-state index in [0.29, 0.717) is 23.8 Å². The van der Waals surface area contributed by atoms with Crippen molar-refractivity contribution in [3.8, 4) is 5.75 Å². The topological polar surface area (TPSA) is 77.1 Å². The molecule has 1 heterocycles. The number of nitrogens with zero attached hydrogens (tertiary/aromatic N) is 2. The summed E-state index contributed by atoms with van der Waals surface area (Å²) in [5.74, 6) is 0.654. The molecule has 2 N–H and O–H groups in total. The minimum atomic E-state index is -0.416. The van der Waals surface area contributed by atoms with Crippen molar-refractivity contribution < 1.29 is 14.3 Å². The molecule has 1 aliphatic rings. The number of rotatable bonds is 4. The molecule has 0 aromatic heterocycles. The SMILES string of the molecule is COC(=O)c1ccc(CN=C(N)N2CCCCCC2)cc1OC.I. The van der Waals surface area contributed by atoms with Crippen LogP contribution < -0.4 is 10.5 Å². The second kappa shape index (κ2) is 10.4. The van der Waals surface area contributed by atoms with Gasteiger partial charge in [-0.2, -0.15) is 0 Å². The van der Waals surface area contributed by atoms with E-state index in [0.717, 1.165) is 31.5 Å². The molecule has 0 radical (unpaired) electrons. The van der Waals surface area contributed by atoms with Crippen LogP contribution in [0, 0.1) is 0 Å². The van der Waals surface area contributed by atoms with E-state index >= 15 is 0 Å². The third kappa shape index (κ3) is 5.54. The number of ether oxygens (including phenoxy) is 2. The van der Waals surface area contributed by atoms with E-state index in [1.54, 1.807) is 12.1 Å². The molecule has 6 nitrogen and oxygen atoms in total. The highest BCUT2D eigenvalue weighted by atomic mass is 127. The van der Waals surface area contributed by atoms with Crippen molar-refractivity contribution in [2.24, 2.45) is 10.7 Å². The number of aliphatic imine (C=N–C) groups is 1. The van der Waals surface area contributed by atoms with Crippen molar-refractivity contribution in [3.63, 3.8) is 0 Å². The van der Waals surface area contributed by atoms with Gasteiger partial charge in [0.25, 0.3) is 0 Å². The van der Waals surface area contributed by atoms with E-state index in [9.17, 15) is 4.79 Å². The molecule has 1 aromatic rings. The largest absolute Gasteiger partial charge is 0.496 e. The highest BCUT2D eigenvalue weighted by Gasteiger charge is 2.14. The third-order valence-electron chi connectivity index (χ3n) is 4.02. The van der Waals surface area contributed by atoms with Gasteiger partial charge in [-0.05, 0) is 30.5 Å². The average molecular weight is 447 g/mol. The Kier molecular flexibility index (Phi) is 8.88. The Morgan fingerprint density at radius 2 is 1.88 bits per heavy atom. The number of carbonyl (C=O) groups excluding carboxylic acids is 1. The van der Waals surface area contributed by atoms with Crippen LogP contribution in [0.4, 0.5) is 0 Å². The first kappa shape index (κ1) is 20.5. The van der Waals surface area contributed by atoms with Crippen LogP contribution in [0.2, 0.25) is 0 Å². The molecule has 0 bridgehead atoms. The summed E-state index contributed by atoms with van der Waals surface area (Å²) in [5.41, 5.74) is 7.45. The summed E-state index contributed by atoms with van der Waals surface area (Å²) in [6.45, 7) is 2.40. The fourth-order valence-electron chi connectivity index (χ4n) is 2.68. The second-order valence-electron chi connectivity index (χ2n) is 5.60. The summed E-state index contributed by atoms with van der Waals surface area (Å²) in [7, 11) is 2.88. The third-order valence-corrected chi connectivity index (χ3v) is 4.02. The highest BCUT2D eigenvalue weighted by Crippen LogP contribution is 2.21. The zero-order valence-corrected chi connectivity index (χ0v) is 16.6. The lowest BCUT2D eigenvalue weighted by Gasteiger charge is -2.21. The van der Waals surface area contributed by atoms with Crippen LogP contribution in [-0.2, 0) is 11.3 Å². The van der Waals surface area contributed by atoms with Crippen molar-refractivity contribution in [1.82, 2.24) is 4.90 Å². The van der Waals surface area contributed by atoms with Crippen LogP contribution >= 0.6 is 24.0 Å². The van der Waals surface area contributed by atoms with Gasteiger partial charge in [-0.1, -0.05) is 18.9 Å². The number of hydrogen-bond acceptors (Lipinski definition) is 4. The normalized spacial score (nSPS) is 15.2. The van der Waals surface area contributed by atoms with E-state index in [-0.39, 0.29) is 24.0 Å². The van der Waals surface area contributed by atoms with Gasteiger partial charge in [0.2, 0.25) is 0 Å². The number of likely N-dealkylation sites (tertiary alicyclic amines) is 1. The van der Waals surface area contributed by atoms with E-state index in [1.165, 1.54) is 27.1 Å². The summed E-state index contributed by atoms with van der Waals surface area (Å²) in [6, 6.07) is 5.33. The first-order valence-electron chi connectivity index (χ1n) is 7.96. The minimum Gasteiger partial charge on any atom is -0.496 e. The maximum Gasteiger partial charge on any atom is 0.341 e. The zero-order chi connectivity index (χ0) is 16.7. The van der Waals surface area contributed by atoms with Gasteiger partial charge in [0, 0.05) is 13.1 Å². The van der Waals surface area contributed by atoms with Crippen LogP contribution in [0.1, 0.15) is 41.6 Å². The highest BCUT2D eigenvalue weighted by molar-refractivity contribution is 14.0. The number of methoxy groups -OCH3 is 2. The van der Waals surface area contributed by atoms with E-state index < -0.39 is 5.97 Å². The first-order valence-corrected chi connectivity index (χ1v) is 7.96. The fraction of sp³-hybridized carbons (Fsp3) is 0.529. The van der Waals surface area contributed by atoms with Gasteiger partial charge in [-0.15, -0.1) is 24.0 Å². The van der Waals surface area contributed by atoms with E-state index in [1.807, 2.05) is 6.07 Å². The standard InChI is InChI=1S/C17H25N3O3.HI/c1-22-15-11-13(7-8-14(15)16(21)23-2)12-19-17(18)20-9-5-3-4-6-10-20;/h7-8,11H,3-6,9-10,12H2,1-2H3,(H2,18,19);1H. The molecule has 134 valence electrons. The van der Waals surface area contributed by atoms with E-state index in [2.05, 4.69) is 9.89 Å². The van der Waals surface area contributed by atoms with Gasteiger partial charge < -0.3 is 20.1 Å². The lowest BCUT2D eigenvalue weighted by molar-refractivity contribution is 0.0597. The van der Waals surface area contributed by atoms with Gasteiger partial charge in [0.05, 0.1) is 20.8 Å². The fourth-order valence-corrected chi connectivity index (χ4v) is 2.68. The molecular formula is C17H26IN3O3. The molecular weight excluding hydrogens is 421 g/mol. The number of nitrogens with two attached hydrogens (primary N) is 1. The van der Waals surface area contributed by atoms with Crippen LogP contribution in [0.25, 0.3) is 0 Å². The second-order valence-corrected chi connectivity index (χ2v) is 5.60. The molecule has 1 saturated heterocycles. The number of benzene rings is 1. The summed E-state index contributed by atoms with van der Waals surface area (Å²) in [4.78, 5) is 18.3. The van der Waals surface area contributed by atoms with Crippen LogP contribution in [0.3, 0.4) is 0 Å². The maximum atomic E-state index is 11.7. The van der Waals surface area contributed by atoms with Crippen molar-refractivity contribution in [2.45, 2.75) is 32.2 Å². The molecule has 7 heteroatoms. The smallest absolute Gasteiger partial charge is 0.341 e. The molecule has 0 unspecified atom stereocenters. The van der Waals surface area contributed by atoms with Gasteiger partial charge in [0.1, 0.15) is 11.3 Å². The maximum absolute atomic E-state index is 11.7. The molecule has 0 atom stereocenters. The monoisotopic (exact) mass is 447 g/mol. The lowest BCUT2D eigenvalue weighted by atomic mass is 10.1. The van der Waals surface area contributed by atoms with Gasteiger partial charge in [-0.3, -0.25) is 0 Å². The van der Waals surface area contributed by atoms with Crippen LogP contribution in [-0.4, -0.2) is 44.1 Å². The zero-order valence-electron chi connectivity index (χ0n) is 14.3. The average Bonchev–Trinajstić information content (AvgIpc) is 2.88. The number of halogens is 1. The Hall–Kier alpha value is -1.51. The van der Waals surface area contributed by atoms with Gasteiger partial charge in [0.15, 0.2) is 5.96 Å². The van der Waals surface area contributed by atoms with Gasteiger partial charge >= 0.3 is 5.97 Å². The first-order chi connectivity index (χ1) is 11.2. The van der Waals surface area contributed by atoms with Crippen molar-refractivity contribution in [3.05, 3.63) is 29.3 Å².